The highest BCUT2D eigenvalue weighted by molar-refractivity contribution is 5.85. The zero-order valence-electron chi connectivity index (χ0n) is 14.2. The molecule has 1 aromatic rings. The Hall–Kier alpha value is -1.31. The van der Waals surface area contributed by atoms with Gasteiger partial charge in [-0.05, 0) is 43.5 Å². The number of amides is 1. The van der Waals surface area contributed by atoms with Gasteiger partial charge in [-0.1, -0.05) is 18.2 Å². The molecule has 1 aliphatic rings. The summed E-state index contributed by atoms with van der Waals surface area (Å²) in [6.07, 6.45) is -2.20. The summed E-state index contributed by atoms with van der Waals surface area (Å²) >= 11 is 0. The van der Waals surface area contributed by atoms with E-state index in [1.54, 1.807) is 13.1 Å². The quantitative estimate of drug-likeness (QED) is 0.798. The third-order valence-corrected chi connectivity index (χ3v) is 4.22. The molecule has 0 radical (unpaired) electrons. The van der Waals surface area contributed by atoms with Crippen LogP contribution in [0, 0.1) is 5.92 Å². The number of rotatable bonds is 6. The fourth-order valence-corrected chi connectivity index (χ4v) is 3.02. The van der Waals surface area contributed by atoms with Gasteiger partial charge in [-0.25, -0.2) is 0 Å². The first-order valence-corrected chi connectivity index (χ1v) is 8.18. The highest BCUT2D eigenvalue weighted by atomic mass is 35.5. The molecule has 1 unspecified atom stereocenters. The first-order valence-electron chi connectivity index (χ1n) is 8.18. The van der Waals surface area contributed by atoms with Gasteiger partial charge in [0.15, 0.2) is 0 Å². The van der Waals surface area contributed by atoms with E-state index in [4.69, 9.17) is 0 Å². The average Bonchev–Trinajstić information content (AvgIpc) is 2.55. The highest BCUT2D eigenvalue weighted by Gasteiger charge is 2.30. The number of piperidine rings is 1. The number of hydrogen-bond donors (Lipinski definition) is 2. The van der Waals surface area contributed by atoms with E-state index in [2.05, 4.69) is 10.6 Å². The third-order valence-electron chi connectivity index (χ3n) is 4.22. The Bertz CT molecular complexity index is 548. The lowest BCUT2D eigenvalue weighted by atomic mass is 9.98. The molecule has 1 fully saturated rings. The summed E-state index contributed by atoms with van der Waals surface area (Å²) < 4.78 is 38.6. The number of benzene rings is 1. The molecule has 1 aromatic carbocycles. The molecule has 1 saturated heterocycles. The molecule has 1 heterocycles. The summed E-state index contributed by atoms with van der Waals surface area (Å²) in [4.78, 5) is 13.7. The number of hydrogen-bond acceptors (Lipinski definition) is 3. The van der Waals surface area contributed by atoms with Gasteiger partial charge < -0.3 is 10.6 Å². The highest BCUT2D eigenvalue weighted by Crippen LogP contribution is 2.29. The van der Waals surface area contributed by atoms with E-state index in [1.165, 1.54) is 6.07 Å². The Morgan fingerprint density at radius 2 is 2.16 bits per heavy atom. The van der Waals surface area contributed by atoms with Crippen LogP contribution in [0.5, 0.6) is 0 Å². The molecular formula is C17H25ClF3N3O. The lowest BCUT2D eigenvalue weighted by molar-refractivity contribution is -0.137. The van der Waals surface area contributed by atoms with E-state index in [0.717, 1.165) is 38.1 Å². The van der Waals surface area contributed by atoms with Crippen LogP contribution in [0.25, 0.3) is 0 Å². The minimum absolute atomic E-state index is 0. The standard InChI is InChI=1S/C17H24F3N3O.ClH/c1-21-16(24)12-23(11-14-5-3-7-22-9-14)10-13-4-2-6-15(8-13)17(18,19)20;/h2,4,6,8,14,22H,3,5,7,9-12H2,1H3,(H,21,24);1H. The van der Waals surface area contributed by atoms with Crippen LogP contribution in [-0.4, -0.2) is 44.0 Å². The molecule has 142 valence electrons. The Kier molecular flexibility index (Phi) is 8.68. The molecule has 0 saturated carbocycles. The Labute approximate surface area is 152 Å². The summed E-state index contributed by atoms with van der Waals surface area (Å²) in [5.41, 5.74) is -0.0864. The van der Waals surface area contributed by atoms with Gasteiger partial charge in [0.1, 0.15) is 0 Å². The van der Waals surface area contributed by atoms with Crippen molar-refractivity contribution in [2.45, 2.75) is 25.6 Å². The normalized spacial score (nSPS) is 17.9. The number of carbonyl (C=O) groups is 1. The molecule has 0 spiro atoms. The van der Waals surface area contributed by atoms with E-state index < -0.39 is 11.7 Å². The largest absolute Gasteiger partial charge is 0.416 e. The molecule has 1 amide bonds. The molecule has 2 rings (SSSR count). The molecule has 25 heavy (non-hydrogen) atoms. The van der Waals surface area contributed by atoms with Gasteiger partial charge in [-0.3, -0.25) is 9.69 Å². The van der Waals surface area contributed by atoms with Crippen LogP contribution in [0.3, 0.4) is 0 Å². The van der Waals surface area contributed by atoms with Crippen LogP contribution in [0.4, 0.5) is 13.2 Å². The van der Waals surface area contributed by atoms with Gasteiger partial charge in [-0.15, -0.1) is 12.4 Å². The van der Waals surface area contributed by atoms with Crippen molar-refractivity contribution in [3.63, 3.8) is 0 Å². The molecule has 2 N–H and O–H groups in total. The number of alkyl halides is 3. The molecule has 0 aliphatic carbocycles. The fraction of sp³-hybridized carbons (Fsp3) is 0.588. The third kappa shape index (κ3) is 7.22. The molecule has 0 aromatic heterocycles. The van der Waals surface area contributed by atoms with Crippen LogP contribution in [-0.2, 0) is 17.5 Å². The number of halogens is 4. The van der Waals surface area contributed by atoms with E-state index >= 15 is 0 Å². The minimum atomic E-state index is -4.35. The van der Waals surface area contributed by atoms with Gasteiger partial charge in [0.25, 0.3) is 0 Å². The summed E-state index contributed by atoms with van der Waals surface area (Å²) in [5, 5.41) is 5.90. The van der Waals surface area contributed by atoms with Crippen molar-refractivity contribution in [3.8, 4) is 0 Å². The van der Waals surface area contributed by atoms with Crippen molar-refractivity contribution >= 4 is 18.3 Å². The average molecular weight is 380 g/mol. The summed E-state index contributed by atoms with van der Waals surface area (Å²) in [6.45, 7) is 3.08. The van der Waals surface area contributed by atoms with Gasteiger partial charge >= 0.3 is 6.18 Å². The number of likely N-dealkylation sites (N-methyl/N-ethyl adjacent to an activating group) is 1. The topological polar surface area (TPSA) is 44.4 Å². The minimum Gasteiger partial charge on any atom is -0.358 e. The summed E-state index contributed by atoms with van der Waals surface area (Å²) in [6, 6.07) is 5.32. The summed E-state index contributed by atoms with van der Waals surface area (Å²) in [5.74, 6) is 0.278. The molecule has 0 bridgehead atoms. The van der Waals surface area contributed by atoms with Crippen LogP contribution in [0.2, 0.25) is 0 Å². The first kappa shape index (κ1) is 21.7. The Morgan fingerprint density at radius 3 is 2.76 bits per heavy atom. The Balaban J connectivity index is 0.00000312. The Morgan fingerprint density at radius 1 is 1.40 bits per heavy atom. The second-order valence-electron chi connectivity index (χ2n) is 6.25. The second-order valence-corrected chi connectivity index (χ2v) is 6.25. The van der Waals surface area contributed by atoms with Crippen molar-refractivity contribution in [1.82, 2.24) is 15.5 Å². The predicted molar refractivity (Wildman–Crippen MR) is 93.6 cm³/mol. The molecular weight excluding hydrogens is 355 g/mol. The SMILES string of the molecule is CNC(=O)CN(Cc1cccc(C(F)(F)F)c1)CC1CCCNC1.Cl. The van der Waals surface area contributed by atoms with Crippen molar-refractivity contribution in [1.29, 1.82) is 0 Å². The zero-order chi connectivity index (χ0) is 17.6. The van der Waals surface area contributed by atoms with E-state index in [1.807, 2.05) is 4.90 Å². The van der Waals surface area contributed by atoms with Crippen molar-refractivity contribution in [2.75, 3.05) is 33.2 Å². The zero-order valence-corrected chi connectivity index (χ0v) is 15.1. The van der Waals surface area contributed by atoms with E-state index in [0.29, 0.717) is 24.6 Å². The maximum absolute atomic E-state index is 12.9. The number of nitrogens with one attached hydrogen (secondary N) is 2. The van der Waals surface area contributed by atoms with Crippen LogP contribution in [0.15, 0.2) is 24.3 Å². The van der Waals surface area contributed by atoms with Crippen molar-refractivity contribution in [3.05, 3.63) is 35.4 Å². The van der Waals surface area contributed by atoms with E-state index in [9.17, 15) is 18.0 Å². The summed E-state index contributed by atoms with van der Waals surface area (Å²) in [7, 11) is 1.56. The number of carbonyl (C=O) groups excluding carboxylic acids is 1. The van der Waals surface area contributed by atoms with Crippen molar-refractivity contribution in [2.24, 2.45) is 5.92 Å². The molecule has 4 nitrogen and oxygen atoms in total. The van der Waals surface area contributed by atoms with Gasteiger partial charge in [-0.2, -0.15) is 13.2 Å². The van der Waals surface area contributed by atoms with Crippen LogP contribution < -0.4 is 10.6 Å². The smallest absolute Gasteiger partial charge is 0.358 e. The molecule has 8 heteroatoms. The van der Waals surface area contributed by atoms with Gasteiger partial charge in [0.2, 0.25) is 5.91 Å². The number of nitrogens with zero attached hydrogens (tertiary/aromatic N) is 1. The van der Waals surface area contributed by atoms with Crippen molar-refractivity contribution < 1.29 is 18.0 Å². The van der Waals surface area contributed by atoms with E-state index in [-0.39, 0.29) is 24.9 Å². The monoisotopic (exact) mass is 379 g/mol. The second kappa shape index (κ2) is 9.99. The lowest BCUT2D eigenvalue weighted by Gasteiger charge is -2.30. The molecule has 1 aliphatic heterocycles. The lowest BCUT2D eigenvalue weighted by Crippen LogP contribution is -2.42. The van der Waals surface area contributed by atoms with Crippen LogP contribution in [0.1, 0.15) is 24.0 Å². The maximum Gasteiger partial charge on any atom is 0.416 e. The fourth-order valence-electron chi connectivity index (χ4n) is 3.02. The first-order chi connectivity index (χ1) is 11.4. The predicted octanol–water partition coefficient (Wildman–Crippen LogP) is 2.67. The van der Waals surface area contributed by atoms with Gasteiger partial charge in [0, 0.05) is 20.1 Å². The van der Waals surface area contributed by atoms with Crippen LogP contribution >= 0.6 is 12.4 Å². The van der Waals surface area contributed by atoms with Gasteiger partial charge in [0.05, 0.1) is 12.1 Å². The maximum atomic E-state index is 12.9. The molecule has 1 atom stereocenters.